The fraction of sp³-hybridized carbons (Fsp3) is 0.636. The Morgan fingerprint density at radius 3 is 2.13 bits per heavy atom. The smallest absolute Gasteiger partial charge is 0.391 e. The summed E-state index contributed by atoms with van der Waals surface area (Å²) in [7, 11) is -3.82. The third-order valence-electron chi connectivity index (χ3n) is 4.96. The van der Waals surface area contributed by atoms with Gasteiger partial charge in [0.25, 0.3) is 0 Å². The molecule has 0 heterocycles. The molecule has 0 aromatic heterocycles. The molecule has 0 atom stereocenters. The minimum atomic E-state index is -3.82. The first kappa shape index (κ1) is 25.4. The second-order valence-corrected chi connectivity index (χ2v) is 9.81. The van der Waals surface area contributed by atoms with Gasteiger partial charge in [0.15, 0.2) is 0 Å². The number of nitrogens with one attached hydrogen (secondary N) is 2. The van der Waals surface area contributed by atoms with Crippen LogP contribution >= 0.6 is 7.67 Å². The fourth-order valence-electron chi connectivity index (χ4n) is 3.14. The molecule has 31 heavy (non-hydrogen) atoms. The van der Waals surface area contributed by atoms with E-state index in [-0.39, 0.29) is 32.2 Å². The predicted octanol–water partition coefficient (Wildman–Crippen LogP) is 3.94. The van der Waals surface area contributed by atoms with Crippen molar-refractivity contribution in [2.45, 2.75) is 59.3 Å². The van der Waals surface area contributed by atoms with Crippen molar-refractivity contribution in [3.8, 4) is 5.75 Å². The molecule has 0 spiro atoms. The highest BCUT2D eigenvalue weighted by molar-refractivity contribution is 7.55. The van der Waals surface area contributed by atoms with E-state index in [1.807, 2.05) is 32.0 Å². The molecule has 0 bridgehead atoms. The molecule has 8 nitrogen and oxygen atoms in total. The van der Waals surface area contributed by atoms with E-state index in [4.69, 9.17) is 14.0 Å². The minimum Gasteiger partial charge on any atom is -0.465 e. The third-order valence-corrected chi connectivity index (χ3v) is 6.55. The zero-order valence-corrected chi connectivity index (χ0v) is 19.8. The number of hydrogen-bond acceptors (Lipinski definition) is 6. The van der Waals surface area contributed by atoms with E-state index in [0.29, 0.717) is 5.75 Å². The van der Waals surface area contributed by atoms with Crippen molar-refractivity contribution in [3.63, 3.8) is 0 Å². The molecule has 1 saturated carbocycles. The van der Waals surface area contributed by atoms with E-state index in [0.717, 1.165) is 29.9 Å². The molecule has 1 aromatic rings. The zero-order chi connectivity index (χ0) is 22.9. The van der Waals surface area contributed by atoms with Crippen LogP contribution in [0.4, 0.5) is 0 Å². The molecule has 0 unspecified atom stereocenters. The summed E-state index contributed by atoms with van der Waals surface area (Å²) in [6, 6.07) is 5.90. The highest BCUT2D eigenvalue weighted by atomic mass is 31.2. The highest BCUT2D eigenvalue weighted by Gasteiger charge is 2.30. The second kappa shape index (κ2) is 12.2. The number of ether oxygens (including phenoxy) is 2. The van der Waals surface area contributed by atoms with Gasteiger partial charge in [0.2, 0.25) is 0 Å². The van der Waals surface area contributed by atoms with Gasteiger partial charge in [-0.3, -0.25) is 9.59 Å². The van der Waals surface area contributed by atoms with E-state index in [1.165, 1.54) is 12.8 Å². The minimum absolute atomic E-state index is 0.138. The van der Waals surface area contributed by atoms with Crippen LogP contribution in [0.3, 0.4) is 0 Å². The van der Waals surface area contributed by atoms with Crippen LogP contribution in [0.5, 0.6) is 5.75 Å². The fourth-order valence-corrected chi connectivity index (χ4v) is 4.54. The van der Waals surface area contributed by atoms with Crippen molar-refractivity contribution in [2.75, 3.05) is 26.3 Å². The number of carbonyl (C=O) groups is 2. The standard InChI is InChI=1S/C22H35N2O6P/c1-5-28-20(25)14-23-31(27,24-15-21(26)29-6-2)30-22-18(13-12-17-10-11-17)8-7-9-19(22)16(3)4/h7-9,16-17H,5-6,10-15H2,1-4H3,(H2,23,24,27). The van der Waals surface area contributed by atoms with Crippen molar-refractivity contribution in [1.82, 2.24) is 10.2 Å². The lowest BCUT2D eigenvalue weighted by atomic mass is 9.96. The Balaban J connectivity index is 2.26. The van der Waals surface area contributed by atoms with Crippen molar-refractivity contribution < 1.29 is 28.2 Å². The average Bonchev–Trinajstić information content (AvgIpc) is 3.55. The van der Waals surface area contributed by atoms with Crippen LogP contribution in [0.1, 0.15) is 64.0 Å². The maximum atomic E-state index is 13.6. The molecule has 0 radical (unpaired) electrons. The molecule has 1 aliphatic carbocycles. The predicted molar refractivity (Wildman–Crippen MR) is 119 cm³/mol. The Bertz CT molecular complexity index is 768. The SMILES string of the molecule is CCOC(=O)CNP(=O)(NCC(=O)OCC)Oc1c(CCC2CC2)cccc1C(C)C. The Labute approximate surface area is 185 Å². The van der Waals surface area contributed by atoms with Gasteiger partial charge in [0.05, 0.1) is 13.2 Å². The van der Waals surface area contributed by atoms with Crippen molar-refractivity contribution in [2.24, 2.45) is 5.92 Å². The maximum absolute atomic E-state index is 13.6. The lowest BCUT2D eigenvalue weighted by molar-refractivity contribution is -0.142. The van der Waals surface area contributed by atoms with Crippen LogP contribution in [0.15, 0.2) is 18.2 Å². The summed E-state index contributed by atoms with van der Waals surface area (Å²) >= 11 is 0. The van der Waals surface area contributed by atoms with Gasteiger partial charge in [-0.25, -0.2) is 14.7 Å². The molecule has 0 aliphatic heterocycles. The number of esters is 2. The maximum Gasteiger partial charge on any atom is 0.391 e. The topological polar surface area (TPSA) is 103 Å². The number of benzene rings is 1. The molecule has 0 saturated heterocycles. The lowest BCUT2D eigenvalue weighted by Crippen LogP contribution is -2.34. The number of hydrogen-bond donors (Lipinski definition) is 2. The number of aryl methyl sites for hydroxylation is 1. The van der Waals surface area contributed by atoms with Gasteiger partial charge in [-0.2, -0.15) is 0 Å². The van der Waals surface area contributed by atoms with Crippen LogP contribution in [0, 0.1) is 5.92 Å². The van der Waals surface area contributed by atoms with Crippen LogP contribution < -0.4 is 14.7 Å². The molecular weight excluding hydrogens is 419 g/mol. The molecular formula is C22H35N2O6P. The molecule has 9 heteroatoms. The first-order valence-corrected chi connectivity index (χ1v) is 12.6. The van der Waals surface area contributed by atoms with Crippen molar-refractivity contribution >= 4 is 19.6 Å². The van der Waals surface area contributed by atoms with Crippen molar-refractivity contribution in [1.29, 1.82) is 0 Å². The van der Waals surface area contributed by atoms with E-state index < -0.39 is 19.6 Å². The summed E-state index contributed by atoms with van der Waals surface area (Å²) in [5.41, 5.74) is 1.89. The molecule has 1 fully saturated rings. The van der Waals surface area contributed by atoms with E-state index in [1.54, 1.807) is 13.8 Å². The molecule has 2 N–H and O–H groups in total. The van der Waals surface area contributed by atoms with E-state index >= 15 is 0 Å². The number of para-hydroxylation sites is 1. The summed E-state index contributed by atoms with van der Waals surface area (Å²) in [5.74, 6) is 0.297. The first-order valence-electron chi connectivity index (χ1n) is 11.0. The molecule has 174 valence electrons. The van der Waals surface area contributed by atoms with Crippen molar-refractivity contribution in [3.05, 3.63) is 29.3 Å². The number of rotatable bonds is 14. The Morgan fingerprint density at radius 2 is 1.65 bits per heavy atom. The lowest BCUT2D eigenvalue weighted by Gasteiger charge is -2.25. The average molecular weight is 455 g/mol. The second-order valence-electron chi connectivity index (χ2n) is 7.89. The first-order chi connectivity index (χ1) is 14.8. The normalized spacial score (nSPS) is 13.8. The van der Waals surface area contributed by atoms with Crippen LogP contribution in [0.25, 0.3) is 0 Å². The Kier molecular flexibility index (Phi) is 10.0. The highest BCUT2D eigenvalue weighted by Crippen LogP contribution is 2.44. The van der Waals surface area contributed by atoms with Gasteiger partial charge >= 0.3 is 19.6 Å². The summed E-state index contributed by atoms with van der Waals surface area (Å²) in [6.07, 6.45) is 4.37. The summed E-state index contributed by atoms with van der Waals surface area (Å²) < 4.78 is 29.5. The van der Waals surface area contributed by atoms with Crippen LogP contribution in [0.2, 0.25) is 0 Å². The van der Waals surface area contributed by atoms with Gasteiger partial charge in [0, 0.05) is 0 Å². The van der Waals surface area contributed by atoms with Gasteiger partial charge < -0.3 is 14.0 Å². The molecule has 2 rings (SSSR count). The molecule has 1 aromatic carbocycles. The van der Waals surface area contributed by atoms with Gasteiger partial charge in [-0.15, -0.1) is 0 Å². The summed E-state index contributed by atoms with van der Waals surface area (Å²) in [5, 5.41) is 5.27. The Morgan fingerprint density at radius 1 is 1.06 bits per heavy atom. The molecule has 1 aliphatic rings. The zero-order valence-electron chi connectivity index (χ0n) is 18.9. The van der Waals surface area contributed by atoms with E-state index in [2.05, 4.69) is 10.2 Å². The van der Waals surface area contributed by atoms with E-state index in [9.17, 15) is 14.2 Å². The van der Waals surface area contributed by atoms with Gasteiger partial charge in [0.1, 0.15) is 18.8 Å². The van der Waals surface area contributed by atoms with Crippen LogP contribution in [-0.4, -0.2) is 38.2 Å². The van der Waals surface area contributed by atoms with Crippen LogP contribution in [-0.2, 0) is 30.0 Å². The van der Waals surface area contributed by atoms with Gasteiger partial charge in [-0.05, 0) is 49.7 Å². The largest absolute Gasteiger partial charge is 0.465 e. The number of carbonyl (C=O) groups excluding carboxylic acids is 2. The van der Waals surface area contributed by atoms with Gasteiger partial charge in [-0.1, -0.05) is 44.9 Å². The Hall–Kier alpha value is -1.89. The summed E-state index contributed by atoms with van der Waals surface area (Å²) in [6.45, 7) is 7.25. The molecule has 0 amide bonds. The monoisotopic (exact) mass is 454 g/mol. The quantitative estimate of drug-likeness (QED) is 0.322. The third kappa shape index (κ3) is 8.63. The summed E-state index contributed by atoms with van der Waals surface area (Å²) in [4.78, 5) is 23.7.